The van der Waals surface area contributed by atoms with Crippen LogP contribution in [0.25, 0.3) is 0 Å². The molecule has 0 radical (unpaired) electrons. The summed E-state index contributed by atoms with van der Waals surface area (Å²) in [4.78, 5) is 15.4. The van der Waals surface area contributed by atoms with Crippen molar-refractivity contribution in [2.45, 2.75) is 20.0 Å². The summed E-state index contributed by atoms with van der Waals surface area (Å²) >= 11 is 0. The molecular formula is C24H23NO4. The topological polar surface area (TPSA) is 68.1 Å². The molecule has 1 N–H and O–H groups in total. The highest BCUT2D eigenvalue weighted by Crippen LogP contribution is 2.28. The van der Waals surface area contributed by atoms with E-state index in [-0.39, 0.29) is 5.56 Å². The maximum Gasteiger partial charge on any atom is 0.335 e. The van der Waals surface area contributed by atoms with Crippen molar-refractivity contribution in [2.75, 3.05) is 7.11 Å². The molecule has 148 valence electrons. The average Bonchev–Trinajstić information content (AvgIpc) is 2.77. The van der Waals surface area contributed by atoms with E-state index in [0.717, 1.165) is 23.2 Å². The Bertz CT molecular complexity index is 992. The van der Waals surface area contributed by atoms with Crippen LogP contribution in [0.4, 0.5) is 5.69 Å². The molecule has 29 heavy (non-hydrogen) atoms. The summed E-state index contributed by atoms with van der Waals surface area (Å²) in [6.07, 6.45) is 2.80. The number of carboxylic acid groups (broad SMARTS) is 1. The number of carbonyl (C=O) groups is 1. The van der Waals surface area contributed by atoms with Crippen molar-refractivity contribution in [2.24, 2.45) is 4.99 Å². The van der Waals surface area contributed by atoms with Crippen molar-refractivity contribution in [3.05, 3.63) is 89.0 Å². The van der Waals surface area contributed by atoms with Crippen LogP contribution < -0.4 is 9.47 Å². The second kappa shape index (κ2) is 9.55. The molecule has 0 aliphatic heterocycles. The van der Waals surface area contributed by atoms with E-state index < -0.39 is 5.97 Å². The van der Waals surface area contributed by atoms with Crippen LogP contribution in [0.1, 0.15) is 34.0 Å². The Kier molecular flexibility index (Phi) is 6.63. The van der Waals surface area contributed by atoms with Crippen molar-refractivity contribution >= 4 is 17.9 Å². The van der Waals surface area contributed by atoms with Gasteiger partial charge in [0.15, 0.2) is 11.5 Å². The highest BCUT2D eigenvalue weighted by molar-refractivity contribution is 5.87. The molecule has 0 aromatic heterocycles. The van der Waals surface area contributed by atoms with E-state index in [1.54, 1.807) is 37.6 Å². The number of hydrogen-bond acceptors (Lipinski definition) is 4. The van der Waals surface area contributed by atoms with E-state index in [9.17, 15) is 4.79 Å². The van der Waals surface area contributed by atoms with Gasteiger partial charge in [0.05, 0.1) is 18.4 Å². The third kappa shape index (κ3) is 5.45. The number of benzene rings is 3. The number of aryl methyl sites for hydroxylation is 1. The fraction of sp³-hybridized carbons (Fsp3) is 0.167. The normalized spacial score (nSPS) is 10.8. The van der Waals surface area contributed by atoms with E-state index >= 15 is 0 Å². The van der Waals surface area contributed by atoms with Crippen LogP contribution in [0.15, 0.2) is 71.7 Å². The first kappa shape index (κ1) is 20.1. The van der Waals surface area contributed by atoms with E-state index in [4.69, 9.17) is 14.6 Å². The van der Waals surface area contributed by atoms with Gasteiger partial charge in [-0.2, -0.15) is 0 Å². The zero-order valence-electron chi connectivity index (χ0n) is 16.5. The lowest BCUT2D eigenvalue weighted by Crippen LogP contribution is -2.00. The van der Waals surface area contributed by atoms with Crippen LogP contribution in [0, 0.1) is 0 Å². The Hall–Kier alpha value is -3.60. The smallest absolute Gasteiger partial charge is 0.335 e. The van der Waals surface area contributed by atoms with Gasteiger partial charge in [0.2, 0.25) is 0 Å². The van der Waals surface area contributed by atoms with Gasteiger partial charge in [-0.1, -0.05) is 31.2 Å². The van der Waals surface area contributed by atoms with Gasteiger partial charge >= 0.3 is 5.97 Å². The van der Waals surface area contributed by atoms with Gasteiger partial charge in [0.1, 0.15) is 6.61 Å². The summed E-state index contributed by atoms with van der Waals surface area (Å²) in [6, 6.07) is 20.4. The van der Waals surface area contributed by atoms with E-state index in [1.807, 2.05) is 30.3 Å². The SMILES string of the molecule is CCc1ccc(N=Cc2ccc(OCc3ccc(C(=O)O)cc3)c(OC)c2)cc1. The lowest BCUT2D eigenvalue weighted by molar-refractivity contribution is 0.0697. The second-order valence-electron chi connectivity index (χ2n) is 6.48. The van der Waals surface area contributed by atoms with Crippen LogP contribution >= 0.6 is 0 Å². The number of methoxy groups -OCH3 is 1. The second-order valence-corrected chi connectivity index (χ2v) is 6.48. The van der Waals surface area contributed by atoms with Crippen molar-refractivity contribution in [3.8, 4) is 11.5 Å². The molecule has 3 rings (SSSR count). The van der Waals surface area contributed by atoms with Crippen molar-refractivity contribution < 1.29 is 19.4 Å². The van der Waals surface area contributed by atoms with Gasteiger partial charge in [-0.25, -0.2) is 4.79 Å². The Morgan fingerprint density at radius 3 is 2.28 bits per heavy atom. The number of ether oxygens (including phenoxy) is 2. The molecule has 0 atom stereocenters. The van der Waals surface area contributed by atoms with Crippen molar-refractivity contribution in [1.29, 1.82) is 0 Å². The first-order valence-electron chi connectivity index (χ1n) is 9.35. The third-order valence-electron chi connectivity index (χ3n) is 4.49. The third-order valence-corrected chi connectivity index (χ3v) is 4.49. The molecule has 5 heteroatoms. The summed E-state index contributed by atoms with van der Waals surface area (Å²) in [5, 5.41) is 8.96. The quantitative estimate of drug-likeness (QED) is 0.532. The summed E-state index contributed by atoms with van der Waals surface area (Å²) in [7, 11) is 1.59. The number of aromatic carboxylic acids is 1. The van der Waals surface area contributed by atoms with Crippen LogP contribution in [0.2, 0.25) is 0 Å². The van der Waals surface area contributed by atoms with Gasteiger partial charge in [-0.15, -0.1) is 0 Å². The molecule has 0 unspecified atom stereocenters. The van der Waals surface area contributed by atoms with Crippen LogP contribution in [-0.2, 0) is 13.0 Å². The lowest BCUT2D eigenvalue weighted by atomic mass is 10.1. The largest absolute Gasteiger partial charge is 0.493 e. The summed E-state index contributed by atoms with van der Waals surface area (Å²) < 4.78 is 11.3. The number of hydrogen-bond donors (Lipinski definition) is 1. The summed E-state index contributed by atoms with van der Waals surface area (Å²) in [5.41, 5.74) is 4.20. The molecule has 0 aliphatic carbocycles. The standard InChI is InChI=1S/C24H23NO4/c1-3-17-6-11-21(12-7-17)25-15-19-8-13-22(23(14-19)28-2)29-16-18-4-9-20(10-5-18)24(26)27/h4-15H,3,16H2,1-2H3,(H,26,27). The highest BCUT2D eigenvalue weighted by atomic mass is 16.5. The van der Waals surface area contributed by atoms with Gasteiger partial charge in [0, 0.05) is 6.21 Å². The molecule has 5 nitrogen and oxygen atoms in total. The zero-order chi connectivity index (χ0) is 20.6. The zero-order valence-corrected chi connectivity index (χ0v) is 16.5. The van der Waals surface area contributed by atoms with Crippen LogP contribution in [0.5, 0.6) is 11.5 Å². The predicted molar refractivity (Wildman–Crippen MR) is 114 cm³/mol. The number of carboxylic acids is 1. The van der Waals surface area contributed by atoms with Gasteiger partial charge in [-0.05, 0) is 65.6 Å². The first-order valence-corrected chi connectivity index (χ1v) is 9.35. The molecule has 3 aromatic carbocycles. The first-order chi connectivity index (χ1) is 14.1. The molecule has 0 saturated heterocycles. The van der Waals surface area contributed by atoms with Crippen LogP contribution in [0.3, 0.4) is 0 Å². The minimum absolute atomic E-state index is 0.249. The molecule has 0 bridgehead atoms. The monoisotopic (exact) mass is 389 g/mol. The van der Waals surface area contributed by atoms with E-state index in [2.05, 4.69) is 24.0 Å². The maximum atomic E-state index is 10.9. The minimum atomic E-state index is -0.947. The molecule has 0 heterocycles. The van der Waals surface area contributed by atoms with Crippen LogP contribution in [-0.4, -0.2) is 24.4 Å². The summed E-state index contributed by atoms with van der Waals surface area (Å²) in [6.45, 7) is 2.44. The molecule has 0 fully saturated rings. The fourth-order valence-corrected chi connectivity index (χ4v) is 2.76. The number of aliphatic imine (C=N–C) groups is 1. The van der Waals surface area contributed by atoms with E-state index in [0.29, 0.717) is 18.1 Å². The minimum Gasteiger partial charge on any atom is -0.493 e. The Labute approximate surface area is 170 Å². The van der Waals surface area contributed by atoms with Gasteiger partial charge in [0.25, 0.3) is 0 Å². The molecular weight excluding hydrogens is 366 g/mol. The molecule has 3 aromatic rings. The van der Waals surface area contributed by atoms with Gasteiger partial charge in [-0.3, -0.25) is 4.99 Å². The molecule has 0 spiro atoms. The van der Waals surface area contributed by atoms with Crippen molar-refractivity contribution in [3.63, 3.8) is 0 Å². The Balaban J connectivity index is 1.67. The van der Waals surface area contributed by atoms with E-state index in [1.165, 1.54) is 5.56 Å². The average molecular weight is 389 g/mol. The lowest BCUT2D eigenvalue weighted by Gasteiger charge is -2.11. The number of rotatable bonds is 8. The predicted octanol–water partition coefficient (Wildman–Crippen LogP) is 5.29. The highest BCUT2D eigenvalue weighted by Gasteiger charge is 2.07. The van der Waals surface area contributed by atoms with Gasteiger partial charge < -0.3 is 14.6 Å². The maximum absolute atomic E-state index is 10.9. The number of nitrogens with zero attached hydrogens (tertiary/aromatic N) is 1. The van der Waals surface area contributed by atoms with Crippen molar-refractivity contribution in [1.82, 2.24) is 0 Å². The molecule has 0 aliphatic rings. The Morgan fingerprint density at radius 1 is 0.966 bits per heavy atom. The fourth-order valence-electron chi connectivity index (χ4n) is 2.76. The molecule has 0 saturated carbocycles. The Morgan fingerprint density at radius 2 is 1.66 bits per heavy atom. The summed E-state index contributed by atoms with van der Waals surface area (Å²) in [5.74, 6) is 0.273. The molecule has 0 amide bonds.